The second kappa shape index (κ2) is 8.67. The minimum Gasteiger partial charge on any atom is -0.385 e. The lowest BCUT2D eigenvalue weighted by Crippen LogP contribution is -2.37. The highest BCUT2D eigenvalue weighted by Crippen LogP contribution is 2.32. The molecule has 3 heterocycles. The zero-order valence-electron chi connectivity index (χ0n) is 17.1. The van der Waals surface area contributed by atoms with Crippen molar-refractivity contribution in [2.45, 2.75) is 45.1 Å². The first-order valence-corrected chi connectivity index (χ1v) is 11.2. The molecule has 1 aliphatic carbocycles. The Morgan fingerprint density at radius 3 is 2.90 bits per heavy atom. The summed E-state index contributed by atoms with van der Waals surface area (Å²) in [5.41, 5.74) is 4.47. The van der Waals surface area contributed by atoms with Gasteiger partial charge in [0.15, 0.2) is 5.69 Å². The number of nitrogens with one attached hydrogen (secondary N) is 1. The maximum Gasteiger partial charge on any atom is 0.272 e. The standard InChI is InChI=1S/C21H28N4O3S/c1-24-17-8-10-25(21(27)16-13-29-18-7-4-3-6-14(16)18)12-15(17)19(23-24)20(26)22-9-5-11-28-2/h13H,3-12H2,1-2H3,(H,22,26). The molecule has 1 N–H and O–H groups in total. The van der Waals surface area contributed by atoms with Gasteiger partial charge in [0.2, 0.25) is 0 Å². The zero-order chi connectivity index (χ0) is 20.4. The minimum atomic E-state index is -0.180. The molecule has 0 saturated carbocycles. The van der Waals surface area contributed by atoms with Crippen LogP contribution < -0.4 is 5.32 Å². The van der Waals surface area contributed by atoms with Gasteiger partial charge < -0.3 is 15.0 Å². The molecule has 8 heteroatoms. The molecule has 0 spiro atoms. The molecule has 0 saturated heterocycles. The van der Waals surface area contributed by atoms with Crippen molar-refractivity contribution >= 4 is 23.2 Å². The van der Waals surface area contributed by atoms with Crippen molar-refractivity contribution in [3.8, 4) is 0 Å². The molecule has 4 rings (SSSR count). The monoisotopic (exact) mass is 416 g/mol. The molecule has 2 amide bonds. The molecule has 0 fully saturated rings. The van der Waals surface area contributed by atoms with Crippen molar-refractivity contribution < 1.29 is 14.3 Å². The molecule has 0 radical (unpaired) electrons. The number of rotatable bonds is 6. The van der Waals surface area contributed by atoms with Gasteiger partial charge in [-0.1, -0.05) is 0 Å². The summed E-state index contributed by atoms with van der Waals surface area (Å²) in [4.78, 5) is 29.2. The number of fused-ring (bicyclic) bond motifs is 2. The smallest absolute Gasteiger partial charge is 0.272 e. The van der Waals surface area contributed by atoms with Crippen LogP contribution in [0.4, 0.5) is 0 Å². The third-order valence-corrected chi connectivity index (χ3v) is 6.94. The topological polar surface area (TPSA) is 76.5 Å². The van der Waals surface area contributed by atoms with Crippen molar-refractivity contribution in [1.29, 1.82) is 0 Å². The van der Waals surface area contributed by atoms with Crippen molar-refractivity contribution in [2.24, 2.45) is 7.05 Å². The van der Waals surface area contributed by atoms with E-state index in [0.29, 0.717) is 38.4 Å². The Balaban J connectivity index is 1.51. The molecule has 2 aromatic rings. The number of nitrogens with zero attached hydrogens (tertiary/aromatic N) is 3. The lowest BCUT2D eigenvalue weighted by molar-refractivity contribution is 0.0729. The molecule has 1 aliphatic heterocycles. The van der Waals surface area contributed by atoms with Gasteiger partial charge in [-0.3, -0.25) is 14.3 Å². The van der Waals surface area contributed by atoms with Crippen LogP contribution >= 0.6 is 11.3 Å². The Hall–Kier alpha value is -2.19. The number of carbonyl (C=O) groups excluding carboxylic acids is 2. The van der Waals surface area contributed by atoms with E-state index in [-0.39, 0.29) is 11.8 Å². The van der Waals surface area contributed by atoms with Crippen molar-refractivity contribution in [3.63, 3.8) is 0 Å². The van der Waals surface area contributed by atoms with Gasteiger partial charge in [0.05, 0.1) is 12.1 Å². The number of amides is 2. The Kier molecular flexibility index (Phi) is 6.01. The summed E-state index contributed by atoms with van der Waals surface area (Å²) in [7, 11) is 3.51. The molecular formula is C21H28N4O3S. The molecule has 2 aliphatic rings. The lowest BCUT2D eigenvalue weighted by atomic mass is 9.95. The van der Waals surface area contributed by atoms with E-state index in [9.17, 15) is 9.59 Å². The van der Waals surface area contributed by atoms with E-state index in [2.05, 4.69) is 10.4 Å². The van der Waals surface area contributed by atoms with Crippen LogP contribution in [0.1, 0.15) is 61.8 Å². The van der Waals surface area contributed by atoms with Crippen molar-refractivity contribution in [3.05, 3.63) is 38.3 Å². The van der Waals surface area contributed by atoms with Crippen LogP contribution in [-0.4, -0.2) is 53.3 Å². The number of aromatic nitrogens is 2. The van der Waals surface area contributed by atoms with E-state index < -0.39 is 0 Å². The van der Waals surface area contributed by atoms with Crippen LogP contribution in [0.5, 0.6) is 0 Å². The number of hydrogen-bond acceptors (Lipinski definition) is 5. The predicted molar refractivity (Wildman–Crippen MR) is 111 cm³/mol. The molecule has 7 nitrogen and oxygen atoms in total. The number of methoxy groups -OCH3 is 1. The fraction of sp³-hybridized carbons (Fsp3) is 0.571. The summed E-state index contributed by atoms with van der Waals surface area (Å²) in [5.74, 6) is -0.0921. The van der Waals surface area contributed by atoms with E-state index in [4.69, 9.17) is 4.74 Å². The van der Waals surface area contributed by atoms with Gasteiger partial charge in [-0.05, 0) is 37.7 Å². The van der Waals surface area contributed by atoms with Crippen molar-refractivity contribution in [1.82, 2.24) is 20.0 Å². The highest BCUT2D eigenvalue weighted by atomic mass is 32.1. The molecular weight excluding hydrogens is 388 g/mol. The zero-order valence-corrected chi connectivity index (χ0v) is 17.9. The Morgan fingerprint density at radius 2 is 2.07 bits per heavy atom. The van der Waals surface area contributed by atoms with E-state index in [1.165, 1.54) is 16.9 Å². The number of thiophene rings is 1. The predicted octanol–water partition coefficient (Wildman–Crippen LogP) is 2.33. The Bertz CT molecular complexity index is 917. The van der Waals surface area contributed by atoms with E-state index in [1.807, 2.05) is 17.3 Å². The summed E-state index contributed by atoms with van der Waals surface area (Å²) in [6, 6.07) is 0. The van der Waals surface area contributed by atoms with Gasteiger partial charge in [-0.2, -0.15) is 5.10 Å². The first-order chi connectivity index (χ1) is 14.1. The molecule has 2 aromatic heterocycles. The SMILES string of the molecule is COCCCNC(=O)c1nn(C)c2c1CN(C(=O)c1csc3c1CCCC3)CC2. The summed E-state index contributed by atoms with van der Waals surface area (Å²) < 4.78 is 6.81. The van der Waals surface area contributed by atoms with Crippen LogP contribution in [-0.2, 0) is 37.6 Å². The van der Waals surface area contributed by atoms with Gasteiger partial charge in [0, 0.05) is 61.8 Å². The van der Waals surface area contributed by atoms with Crippen LogP contribution in [0.2, 0.25) is 0 Å². The molecule has 156 valence electrons. The molecule has 0 unspecified atom stereocenters. The second-order valence-corrected chi connectivity index (χ2v) is 8.70. The van der Waals surface area contributed by atoms with Crippen molar-refractivity contribution in [2.75, 3.05) is 26.8 Å². The maximum absolute atomic E-state index is 13.3. The quantitative estimate of drug-likeness (QED) is 0.734. The largest absolute Gasteiger partial charge is 0.385 e. The summed E-state index contributed by atoms with van der Waals surface area (Å²) >= 11 is 1.72. The first kappa shape index (κ1) is 20.1. The Labute approximate surface area is 175 Å². The number of aryl methyl sites for hydroxylation is 2. The normalized spacial score (nSPS) is 15.7. The van der Waals surface area contributed by atoms with Gasteiger partial charge in [0.1, 0.15) is 0 Å². The van der Waals surface area contributed by atoms with E-state index in [1.54, 1.807) is 23.1 Å². The summed E-state index contributed by atoms with van der Waals surface area (Å²) in [5, 5.41) is 9.40. The van der Waals surface area contributed by atoms with Crippen LogP contribution in [0.15, 0.2) is 5.38 Å². The number of hydrogen-bond donors (Lipinski definition) is 1. The second-order valence-electron chi connectivity index (χ2n) is 7.73. The fourth-order valence-corrected chi connectivity index (χ4v) is 5.41. The lowest BCUT2D eigenvalue weighted by Gasteiger charge is -2.28. The highest BCUT2D eigenvalue weighted by molar-refractivity contribution is 7.10. The third-order valence-electron chi connectivity index (χ3n) is 5.85. The average Bonchev–Trinajstić information content (AvgIpc) is 3.32. The molecule has 0 aromatic carbocycles. The molecule has 29 heavy (non-hydrogen) atoms. The maximum atomic E-state index is 13.3. The average molecular weight is 417 g/mol. The molecule has 0 bridgehead atoms. The van der Waals surface area contributed by atoms with Gasteiger partial charge in [0.25, 0.3) is 11.8 Å². The molecule has 0 atom stereocenters. The number of carbonyl (C=O) groups is 2. The van der Waals surface area contributed by atoms with E-state index >= 15 is 0 Å². The van der Waals surface area contributed by atoms with Gasteiger partial charge >= 0.3 is 0 Å². The minimum absolute atomic E-state index is 0.0883. The first-order valence-electron chi connectivity index (χ1n) is 10.3. The Morgan fingerprint density at radius 1 is 1.24 bits per heavy atom. The fourth-order valence-electron chi connectivity index (χ4n) is 4.29. The number of ether oxygens (including phenoxy) is 1. The van der Waals surface area contributed by atoms with Gasteiger partial charge in [-0.15, -0.1) is 11.3 Å². The third kappa shape index (κ3) is 3.96. The van der Waals surface area contributed by atoms with Crippen LogP contribution in [0.25, 0.3) is 0 Å². The van der Waals surface area contributed by atoms with Crippen LogP contribution in [0, 0.1) is 0 Å². The van der Waals surface area contributed by atoms with E-state index in [0.717, 1.165) is 42.5 Å². The highest BCUT2D eigenvalue weighted by Gasteiger charge is 2.31. The van der Waals surface area contributed by atoms with Crippen LogP contribution in [0.3, 0.4) is 0 Å². The summed E-state index contributed by atoms with van der Waals surface area (Å²) in [6.07, 6.45) is 5.93. The van der Waals surface area contributed by atoms with Gasteiger partial charge in [-0.25, -0.2) is 0 Å². The summed E-state index contributed by atoms with van der Waals surface area (Å²) in [6.45, 7) is 2.24.